The second kappa shape index (κ2) is 12.3. The first-order valence-electron chi connectivity index (χ1n) is 9.61. The van der Waals surface area contributed by atoms with Crippen LogP contribution in [0.1, 0.15) is 23.1 Å². The first-order valence-corrected chi connectivity index (χ1v) is 10.1. The van der Waals surface area contributed by atoms with Crippen molar-refractivity contribution in [1.82, 2.24) is 5.32 Å². The highest BCUT2D eigenvalue weighted by molar-refractivity contribution is 6.18. The molecule has 0 radical (unpaired) electrons. The minimum Gasteiger partial charge on any atom is -0.492 e. The molecule has 0 aliphatic carbocycles. The van der Waals surface area contributed by atoms with Crippen LogP contribution in [0.5, 0.6) is 5.75 Å². The first-order chi connectivity index (χ1) is 13.8. The van der Waals surface area contributed by atoms with Gasteiger partial charge in [-0.15, -0.1) is 24.0 Å². The van der Waals surface area contributed by atoms with E-state index in [4.69, 9.17) is 16.3 Å². The number of likely N-dealkylation sites (N-methyl/N-ethyl adjacent to an activating group) is 1. The molecule has 0 amide bonds. The van der Waals surface area contributed by atoms with Crippen LogP contribution in [0.2, 0.25) is 0 Å². The standard InChI is InChI=1S/C25H26ClNO.ClH/c1-27-18-19-28-23-14-12-22(13-15-23)25(21-10-6-3-7-11-21)24(16-17-26)20-8-4-2-5-9-20;/h2-15,27H,16-19H2,1H3;1H/b25-24-;. The topological polar surface area (TPSA) is 21.3 Å². The monoisotopic (exact) mass is 427 g/mol. The third-order valence-electron chi connectivity index (χ3n) is 4.59. The van der Waals surface area contributed by atoms with E-state index in [0.29, 0.717) is 12.5 Å². The highest BCUT2D eigenvalue weighted by Gasteiger charge is 2.14. The van der Waals surface area contributed by atoms with Gasteiger partial charge in [0.25, 0.3) is 0 Å². The number of hydrogen-bond donors (Lipinski definition) is 1. The largest absolute Gasteiger partial charge is 0.492 e. The van der Waals surface area contributed by atoms with Crippen molar-refractivity contribution in [3.05, 3.63) is 102 Å². The predicted molar refractivity (Wildman–Crippen MR) is 127 cm³/mol. The lowest BCUT2D eigenvalue weighted by atomic mass is 9.88. The first kappa shape index (κ1) is 23.0. The summed E-state index contributed by atoms with van der Waals surface area (Å²) in [6.07, 6.45) is 0.802. The molecule has 3 aromatic rings. The molecule has 1 N–H and O–H groups in total. The van der Waals surface area contributed by atoms with E-state index in [1.165, 1.54) is 22.3 Å². The molecule has 0 aliphatic heterocycles. The number of allylic oxidation sites excluding steroid dienone is 1. The van der Waals surface area contributed by atoms with Gasteiger partial charge in [-0.2, -0.15) is 0 Å². The van der Waals surface area contributed by atoms with Crippen molar-refractivity contribution in [3.8, 4) is 5.75 Å². The third-order valence-corrected chi connectivity index (χ3v) is 4.78. The molecular formula is C25H27Cl2NO. The minimum absolute atomic E-state index is 0. The molecule has 0 fully saturated rings. The molecule has 2 nitrogen and oxygen atoms in total. The van der Waals surface area contributed by atoms with Crippen LogP contribution < -0.4 is 10.1 Å². The van der Waals surface area contributed by atoms with E-state index in [1.54, 1.807) is 0 Å². The molecule has 0 heterocycles. The zero-order valence-corrected chi connectivity index (χ0v) is 18.2. The summed E-state index contributed by atoms with van der Waals surface area (Å²) in [4.78, 5) is 0. The van der Waals surface area contributed by atoms with E-state index in [0.717, 1.165) is 24.3 Å². The van der Waals surface area contributed by atoms with E-state index in [9.17, 15) is 0 Å². The zero-order valence-electron chi connectivity index (χ0n) is 16.6. The van der Waals surface area contributed by atoms with Crippen LogP contribution in [-0.4, -0.2) is 26.1 Å². The Labute approximate surface area is 185 Å². The van der Waals surface area contributed by atoms with Crippen LogP contribution in [-0.2, 0) is 0 Å². The van der Waals surface area contributed by atoms with Gasteiger partial charge in [0, 0.05) is 12.4 Å². The quantitative estimate of drug-likeness (QED) is 0.246. The fourth-order valence-electron chi connectivity index (χ4n) is 3.26. The molecular weight excluding hydrogens is 401 g/mol. The molecule has 0 aliphatic rings. The molecule has 3 aromatic carbocycles. The molecule has 0 bridgehead atoms. The molecule has 0 aromatic heterocycles. The molecule has 3 rings (SSSR count). The molecule has 0 saturated carbocycles. The van der Waals surface area contributed by atoms with E-state index >= 15 is 0 Å². The Morgan fingerprint density at radius 3 is 1.90 bits per heavy atom. The number of alkyl halides is 1. The zero-order chi connectivity index (χ0) is 19.6. The van der Waals surface area contributed by atoms with Gasteiger partial charge in [-0.25, -0.2) is 0 Å². The Hall–Kier alpha value is -2.26. The van der Waals surface area contributed by atoms with Gasteiger partial charge in [-0.3, -0.25) is 0 Å². The summed E-state index contributed by atoms with van der Waals surface area (Å²) in [7, 11) is 1.92. The Morgan fingerprint density at radius 1 is 0.793 bits per heavy atom. The lowest BCUT2D eigenvalue weighted by molar-refractivity contribution is 0.318. The molecule has 29 heavy (non-hydrogen) atoms. The SMILES string of the molecule is CNCCOc1ccc(/C(=C(/CCCl)c2ccccc2)c2ccccc2)cc1.Cl. The van der Waals surface area contributed by atoms with Crippen molar-refractivity contribution >= 4 is 35.2 Å². The summed E-state index contributed by atoms with van der Waals surface area (Å²) in [6, 6.07) is 29.4. The second-order valence-corrected chi connectivity index (χ2v) is 6.88. The molecule has 152 valence electrons. The average Bonchev–Trinajstić information content (AvgIpc) is 2.76. The normalized spacial score (nSPS) is 11.4. The van der Waals surface area contributed by atoms with E-state index in [-0.39, 0.29) is 12.4 Å². The van der Waals surface area contributed by atoms with Gasteiger partial charge in [-0.05, 0) is 53.4 Å². The number of nitrogens with one attached hydrogen (secondary N) is 1. The summed E-state index contributed by atoms with van der Waals surface area (Å²) >= 11 is 6.20. The van der Waals surface area contributed by atoms with Crippen molar-refractivity contribution in [1.29, 1.82) is 0 Å². The van der Waals surface area contributed by atoms with E-state index in [1.807, 2.05) is 31.3 Å². The maximum absolute atomic E-state index is 6.20. The number of hydrogen-bond acceptors (Lipinski definition) is 2. The summed E-state index contributed by atoms with van der Waals surface area (Å²) in [5.41, 5.74) is 6.03. The van der Waals surface area contributed by atoms with E-state index in [2.05, 4.69) is 66.0 Å². The van der Waals surface area contributed by atoms with Crippen molar-refractivity contribution in [2.24, 2.45) is 0 Å². The minimum atomic E-state index is 0. The molecule has 4 heteroatoms. The maximum Gasteiger partial charge on any atom is 0.119 e. The van der Waals surface area contributed by atoms with Crippen molar-refractivity contribution in [2.45, 2.75) is 6.42 Å². The summed E-state index contributed by atoms with van der Waals surface area (Å²) < 4.78 is 5.78. The number of benzene rings is 3. The van der Waals surface area contributed by atoms with Gasteiger partial charge in [0.15, 0.2) is 0 Å². The lowest BCUT2D eigenvalue weighted by Gasteiger charge is -2.17. The second-order valence-electron chi connectivity index (χ2n) is 6.50. The third kappa shape index (κ3) is 6.37. The van der Waals surface area contributed by atoms with Gasteiger partial charge in [-0.1, -0.05) is 72.8 Å². The lowest BCUT2D eigenvalue weighted by Crippen LogP contribution is -2.15. The Kier molecular flexibility index (Phi) is 9.79. The number of halogens is 2. The van der Waals surface area contributed by atoms with Crippen LogP contribution in [0.4, 0.5) is 0 Å². The fourth-order valence-corrected chi connectivity index (χ4v) is 3.45. The van der Waals surface area contributed by atoms with Gasteiger partial charge < -0.3 is 10.1 Å². The molecule has 0 saturated heterocycles. The van der Waals surface area contributed by atoms with E-state index < -0.39 is 0 Å². The van der Waals surface area contributed by atoms with Crippen LogP contribution in [0.25, 0.3) is 11.1 Å². The van der Waals surface area contributed by atoms with Crippen LogP contribution in [0, 0.1) is 0 Å². The summed E-state index contributed by atoms with van der Waals surface area (Å²) in [5.74, 6) is 1.45. The van der Waals surface area contributed by atoms with Crippen LogP contribution in [0.15, 0.2) is 84.9 Å². The highest BCUT2D eigenvalue weighted by atomic mass is 35.5. The van der Waals surface area contributed by atoms with Crippen LogP contribution >= 0.6 is 24.0 Å². The Balaban J connectivity index is 0.00000300. The van der Waals surface area contributed by atoms with Crippen molar-refractivity contribution in [2.75, 3.05) is 26.1 Å². The van der Waals surface area contributed by atoms with Crippen molar-refractivity contribution < 1.29 is 4.74 Å². The Bertz CT molecular complexity index is 878. The highest BCUT2D eigenvalue weighted by Crippen LogP contribution is 2.35. The van der Waals surface area contributed by atoms with Gasteiger partial charge >= 0.3 is 0 Å². The van der Waals surface area contributed by atoms with Gasteiger partial charge in [0.05, 0.1) is 0 Å². The average molecular weight is 428 g/mol. The number of ether oxygens (including phenoxy) is 1. The number of rotatable bonds is 9. The Morgan fingerprint density at radius 2 is 1.34 bits per heavy atom. The van der Waals surface area contributed by atoms with Gasteiger partial charge in [0.2, 0.25) is 0 Å². The summed E-state index contributed by atoms with van der Waals surface area (Å²) in [5, 5.41) is 3.09. The van der Waals surface area contributed by atoms with Crippen LogP contribution in [0.3, 0.4) is 0 Å². The molecule has 0 atom stereocenters. The van der Waals surface area contributed by atoms with Crippen molar-refractivity contribution in [3.63, 3.8) is 0 Å². The predicted octanol–water partition coefficient (Wildman–Crippen LogP) is 6.29. The smallest absolute Gasteiger partial charge is 0.119 e. The molecule has 0 unspecified atom stereocenters. The van der Waals surface area contributed by atoms with Gasteiger partial charge in [0.1, 0.15) is 12.4 Å². The maximum atomic E-state index is 6.20. The fraction of sp³-hybridized carbons (Fsp3) is 0.200. The molecule has 0 spiro atoms. The summed E-state index contributed by atoms with van der Waals surface area (Å²) in [6.45, 7) is 1.48.